The first-order valence-corrected chi connectivity index (χ1v) is 6.82. The van der Waals surface area contributed by atoms with E-state index in [1.165, 1.54) is 4.90 Å². The number of carbonyl (C=O) groups is 1. The van der Waals surface area contributed by atoms with Crippen LogP contribution in [0.25, 0.3) is 0 Å². The number of nitrogens with two attached hydrogens (primary N) is 1. The number of halogens is 1. The summed E-state index contributed by atoms with van der Waals surface area (Å²) >= 11 is 3.32. The molecule has 2 rings (SSSR count). The lowest BCUT2D eigenvalue weighted by Crippen LogP contribution is -2.27. The molecule has 0 heterocycles. The van der Waals surface area contributed by atoms with E-state index in [4.69, 9.17) is 5.73 Å². The molecule has 20 heavy (non-hydrogen) atoms. The second-order valence-corrected chi connectivity index (χ2v) is 5.50. The van der Waals surface area contributed by atoms with Crippen molar-refractivity contribution in [3.05, 3.63) is 52.0 Å². The predicted octanol–water partition coefficient (Wildman–Crippen LogP) is 3.32. The van der Waals surface area contributed by atoms with E-state index in [2.05, 4.69) is 15.9 Å². The minimum atomic E-state index is -0.309. The molecule has 2 aromatic rings. The molecule has 4 nitrogen and oxygen atoms in total. The van der Waals surface area contributed by atoms with E-state index in [0.29, 0.717) is 11.4 Å². The van der Waals surface area contributed by atoms with Crippen LogP contribution >= 0.6 is 15.9 Å². The average Bonchev–Trinajstić information content (AvgIpc) is 2.37. The number of nitrogen functional groups attached to an aromatic ring is 1. The van der Waals surface area contributed by atoms with Crippen LogP contribution in [0.4, 0.5) is 11.4 Å². The van der Waals surface area contributed by atoms with E-state index >= 15 is 0 Å². The van der Waals surface area contributed by atoms with Gasteiger partial charge < -0.3 is 15.7 Å². The number of aromatic hydroxyl groups is 1. The summed E-state index contributed by atoms with van der Waals surface area (Å²) in [5.74, 6) is -0.339. The highest BCUT2D eigenvalue weighted by Gasteiger charge is 2.18. The summed E-state index contributed by atoms with van der Waals surface area (Å²) in [5, 5.41) is 9.88. The van der Waals surface area contributed by atoms with Crippen molar-refractivity contribution >= 4 is 33.2 Å². The number of benzene rings is 2. The minimum absolute atomic E-state index is 0.0301. The van der Waals surface area contributed by atoms with E-state index in [-0.39, 0.29) is 17.2 Å². The summed E-state index contributed by atoms with van der Waals surface area (Å²) in [4.78, 5) is 13.8. The molecule has 0 aliphatic heterocycles. The van der Waals surface area contributed by atoms with Gasteiger partial charge in [0.05, 0.1) is 16.9 Å². The molecule has 0 aromatic heterocycles. The maximum absolute atomic E-state index is 12.4. The Hall–Kier alpha value is -2.01. The SMILES string of the molecule is Cc1ccc(C(=O)N(C)c2ccc(Br)cc2N)c(O)c1. The smallest absolute Gasteiger partial charge is 0.261 e. The topological polar surface area (TPSA) is 66.6 Å². The van der Waals surface area contributed by atoms with Gasteiger partial charge in [-0.15, -0.1) is 0 Å². The monoisotopic (exact) mass is 334 g/mol. The summed E-state index contributed by atoms with van der Waals surface area (Å²) in [6.45, 7) is 1.85. The summed E-state index contributed by atoms with van der Waals surface area (Å²) in [6, 6.07) is 10.2. The average molecular weight is 335 g/mol. The minimum Gasteiger partial charge on any atom is -0.507 e. The summed E-state index contributed by atoms with van der Waals surface area (Å²) < 4.78 is 0.845. The highest BCUT2D eigenvalue weighted by atomic mass is 79.9. The second kappa shape index (κ2) is 5.54. The first kappa shape index (κ1) is 14.4. The second-order valence-electron chi connectivity index (χ2n) is 4.59. The lowest BCUT2D eigenvalue weighted by molar-refractivity contribution is 0.0990. The Morgan fingerprint density at radius 3 is 2.55 bits per heavy atom. The number of phenolic OH excluding ortho intramolecular Hbond substituents is 1. The Labute approximate surface area is 126 Å². The number of amides is 1. The number of carbonyl (C=O) groups excluding carboxylic acids is 1. The van der Waals surface area contributed by atoms with Crippen molar-refractivity contribution in [2.45, 2.75) is 6.92 Å². The fraction of sp³-hybridized carbons (Fsp3) is 0.133. The van der Waals surface area contributed by atoms with Gasteiger partial charge in [0.1, 0.15) is 5.75 Å². The first-order chi connectivity index (χ1) is 9.40. The molecular formula is C15H15BrN2O2. The maximum atomic E-state index is 12.4. The highest BCUT2D eigenvalue weighted by molar-refractivity contribution is 9.10. The van der Waals surface area contributed by atoms with E-state index in [9.17, 15) is 9.90 Å². The number of anilines is 2. The molecule has 0 fully saturated rings. The van der Waals surface area contributed by atoms with E-state index < -0.39 is 0 Å². The molecule has 0 atom stereocenters. The fourth-order valence-electron chi connectivity index (χ4n) is 1.94. The van der Waals surface area contributed by atoms with Gasteiger partial charge in [-0.25, -0.2) is 0 Å². The Kier molecular flexibility index (Phi) is 3.99. The number of aryl methyl sites for hydroxylation is 1. The van der Waals surface area contributed by atoms with Gasteiger partial charge in [-0.05, 0) is 42.8 Å². The van der Waals surface area contributed by atoms with Crippen molar-refractivity contribution in [1.82, 2.24) is 0 Å². The van der Waals surface area contributed by atoms with Gasteiger partial charge in [0.15, 0.2) is 0 Å². The molecule has 0 aliphatic rings. The lowest BCUT2D eigenvalue weighted by atomic mass is 10.1. The van der Waals surface area contributed by atoms with Crippen LogP contribution in [0.3, 0.4) is 0 Å². The van der Waals surface area contributed by atoms with Crippen LogP contribution in [-0.4, -0.2) is 18.1 Å². The van der Waals surface area contributed by atoms with Crippen molar-refractivity contribution in [1.29, 1.82) is 0 Å². The molecule has 104 valence electrons. The third kappa shape index (κ3) is 2.77. The number of nitrogens with zero attached hydrogens (tertiary/aromatic N) is 1. The standard InChI is InChI=1S/C15H15BrN2O2/c1-9-3-5-11(14(19)7-9)15(20)18(2)13-6-4-10(16)8-12(13)17/h3-8,19H,17H2,1-2H3. The summed E-state index contributed by atoms with van der Waals surface area (Å²) in [5.41, 5.74) is 8.14. The van der Waals surface area contributed by atoms with E-state index in [1.807, 2.05) is 13.0 Å². The zero-order valence-electron chi connectivity index (χ0n) is 11.2. The van der Waals surface area contributed by atoms with Crippen LogP contribution in [0, 0.1) is 6.92 Å². The van der Waals surface area contributed by atoms with Crippen molar-refractivity contribution in [2.24, 2.45) is 0 Å². The lowest BCUT2D eigenvalue weighted by Gasteiger charge is -2.20. The van der Waals surface area contributed by atoms with Crippen molar-refractivity contribution in [3.63, 3.8) is 0 Å². The largest absolute Gasteiger partial charge is 0.507 e. The van der Waals surface area contributed by atoms with Crippen LogP contribution in [0.1, 0.15) is 15.9 Å². The molecule has 2 aromatic carbocycles. The van der Waals surface area contributed by atoms with E-state index in [0.717, 1.165) is 10.0 Å². The molecular weight excluding hydrogens is 320 g/mol. The molecule has 0 radical (unpaired) electrons. The molecule has 1 amide bonds. The van der Waals surface area contributed by atoms with Crippen LogP contribution < -0.4 is 10.6 Å². The van der Waals surface area contributed by atoms with Gasteiger partial charge >= 0.3 is 0 Å². The molecule has 0 spiro atoms. The third-order valence-corrected chi connectivity index (χ3v) is 3.53. The van der Waals surface area contributed by atoms with Crippen LogP contribution in [0.2, 0.25) is 0 Å². The molecule has 0 saturated heterocycles. The van der Waals surface area contributed by atoms with Crippen LogP contribution in [0.5, 0.6) is 5.75 Å². The summed E-state index contributed by atoms with van der Waals surface area (Å²) in [7, 11) is 1.63. The van der Waals surface area contributed by atoms with E-state index in [1.54, 1.807) is 37.4 Å². The number of hydrogen-bond acceptors (Lipinski definition) is 3. The number of phenols is 1. The Bertz CT molecular complexity index is 671. The number of hydrogen-bond donors (Lipinski definition) is 2. The molecule has 0 aliphatic carbocycles. The maximum Gasteiger partial charge on any atom is 0.261 e. The Morgan fingerprint density at radius 1 is 1.25 bits per heavy atom. The molecule has 0 unspecified atom stereocenters. The van der Waals surface area contributed by atoms with Crippen molar-refractivity contribution in [2.75, 3.05) is 17.7 Å². The van der Waals surface area contributed by atoms with Crippen molar-refractivity contribution < 1.29 is 9.90 Å². The molecule has 0 bridgehead atoms. The molecule has 5 heteroatoms. The van der Waals surface area contributed by atoms with Gasteiger partial charge in [-0.3, -0.25) is 4.79 Å². The third-order valence-electron chi connectivity index (χ3n) is 3.04. The van der Waals surface area contributed by atoms with Gasteiger partial charge in [-0.1, -0.05) is 22.0 Å². The van der Waals surface area contributed by atoms with Gasteiger partial charge in [-0.2, -0.15) is 0 Å². The highest BCUT2D eigenvalue weighted by Crippen LogP contribution is 2.28. The zero-order valence-corrected chi connectivity index (χ0v) is 12.8. The van der Waals surface area contributed by atoms with Crippen molar-refractivity contribution in [3.8, 4) is 5.75 Å². The van der Waals surface area contributed by atoms with Gasteiger partial charge in [0, 0.05) is 11.5 Å². The van der Waals surface area contributed by atoms with Gasteiger partial charge in [0.25, 0.3) is 5.91 Å². The molecule has 0 saturated carbocycles. The normalized spacial score (nSPS) is 10.3. The summed E-state index contributed by atoms with van der Waals surface area (Å²) in [6.07, 6.45) is 0. The first-order valence-electron chi connectivity index (χ1n) is 6.03. The van der Waals surface area contributed by atoms with Crippen LogP contribution in [-0.2, 0) is 0 Å². The molecule has 3 N–H and O–H groups in total. The quantitative estimate of drug-likeness (QED) is 0.828. The predicted molar refractivity (Wildman–Crippen MR) is 84.1 cm³/mol. The fourth-order valence-corrected chi connectivity index (χ4v) is 2.32. The number of rotatable bonds is 2. The van der Waals surface area contributed by atoms with Crippen LogP contribution in [0.15, 0.2) is 40.9 Å². The zero-order chi connectivity index (χ0) is 14.9. The Balaban J connectivity index is 2.37. The van der Waals surface area contributed by atoms with Gasteiger partial charge in [0.2, 0.25) is 0 Å². The Morgan fingerprint density at radius 2 is 1.95 bits per heavy atom.